The summed E-state index contributed by atoms with van der Waals surface area (Å²) in [6.07, 6.45) is 9.62. The molecule has 0 saturated carbocycles. The number of carboxylic acids is 1. The Balaban J connectivity index is -0.000000236. The first-order chi connectivity index (χ1) is 20.7. The molecule has 0 aliphatic rings. The van der Waals surface area contributed by atoms with E-state index in [4.69, 9.17) is 9.84 Å². The van der Waals surface area contributed by atoms with Gasteiger partial charge >= 0.3 is 23.9 Å². The largest absolute Gasteiger partial charge is 0.478 e. The van der Waals surface area contributed by atoms with Crippen LogP contribution in [-0.2, 0) is 33.4 Å². The Morgan fingerprint density at radius 3 is 1.61 bits per heavy atom. The van der Waals surface area contributed by atoms with Crippen LogP contribution in [0.4, 0.5) is 0 Å². The lowest BCUT2D eigenvalue weighted by molar-refractivity contribution is -0.140. The number of carbonyl (C=O) groups excluding carboxylic acids is 3. The van der Waals surface area contributed by atoms with Crippen LogP contribution >= 0.6 is 0 Å². The van der Waals surface area contributed by atoms with Crippen LogP contribution < -0.4 is 0 Å². The molecule has 0 aromatic heterocycles. The zero-order valence-electron chi connectivity index (χ0n) is 28.1. The van der Waals surface area contributed by atoms with Gasteiger partial charge in [0.15, 0.2) is 0 Å². The number of ether oxygens (including phenoxy) is 3. The number of benzene rings is 1. The Morgan fingerprint density at radius 1 is 0.818 bits per heavy atom. The molecule has 0 amide bonds. The number of carboxylic acid groups (broad SMARTS) is 1. The van der Waals surface area contributed by atoms with Crippen molar-refractivity contribution in [1.29, 1.82) is 0 Å². The molecule has 1 unspecified atom stereocenters. The zero-order chi connectivity index (χ0) is 34.9. The van der Waals surface area contributed by atoms with Crippen LogP contribution in [0.2, 0.25) is 0 Å². The lowest BCUT2D eigenvalue weighted by Crippen LogP contribution is -2.14. The maximum atomic E-state index is 11.1. The van der Waals surface area contributed by atoms with E-state index in [9.17, 15) is 19.2 Å². The highest BCUT2D eigenvalue weighted by molar-refractivity contribution is 5.87. The SMILES string of the molecule is C=C(C)C(=O)O.C=C(C)C(=O)OC.C=C(C)C(=O)OCC(CC)CCCC.C=CC(=O)OCCCC.C=Cc1ccccc1. The van der Waals surface area contributed by atoms with E-state index >= 15 is 0 Å². The van der Waals surface area contributed by atoms with Gasteiger partial charge in [-0.1, -0.05) is 116 Å². The van der Waals surface area contributed by atoms with Crippen molar-refractivity contribution in [3.05, 3.63) is 91.6 Å². The molecule has 1 rings (SSSR count). The average Bonchev–Trinajstić information content (AvgIpc) is 3.02. The van der Waals surface area contributed by atoms with Gasteiger partial charge in [-0.3, -0.25) is 0 Å². The third-order valence-corrected chi connectivity index (χ3v) is 5.18. The van der Waals surface area contributed by atoms with Gasteiger partial charge in [0.1, 0.15) is 0 Å². The van der Waals surface area contributed by atoms with Crippen LogP contribution in [0.25, 0.3) is 6.08 Å². The molecule has 8 nitrogen and oxygen atoms in total. The van der Waals surface area contributed by atoms with E-state index in [2.05, 4.69) is 56.2 Å². The number of rotatable bonds is 14. The molecule has 44 heavy (non-hydrogen) atoms. The first-order valence-corrected chi connectivity index (χ1v) is 14.6. The fraction of sp³-hybridized carbons (Fsp3) is 0.444. The van der Waals surface area contributed by atoms with Crippen molar-refractivity contribution in [2.75, 3.05) is 20.3 Å². The fourth-order valence-electron chi connectivity index (χ4n) is 2.35. The second-order valence-corrected chi connectivity index (χ2v) is 9.49. The Hall–Kier alpha value is -4.20. The Labute approximate surface area is 266 Å². The number of hydrogen-bond acceptors (Lipinski definition) is 7. The van der Waals surface area contributed by atoms with Gasteiger partial charge in [0.05, 0.1) is 20.3 Å². The maximum absolute atomic E-state index is 11.1. The molecule has 1 aromatic carbocycles. The van der Waals surface area contributed by atoms with Gasteiger partial charge in [-0.05, 0) is 45.1 Å². The second kappa shape index (κ2) is 33.3. The summed E-state index contributed by atoms with van der Waals surface area (Å²) in [6, 6.07) is 10.0. The minimum atomic E-state index is -0.935. The summed E-state index contributed by atoms with van der Waals surface area (Å²) in [6.45, 7) is 29.1. The minimum Gasteiger partial charge on any atom is -0.478 e. The lowest BCUT2D eigenvalue weighted by atomic mass is 10.0. The Kier molecular flexibility index (Phi) is 35.4. The molecule has 0 spiro atoms. The van der Waals surface area contributed by atoms with Crippen LogP contribution in [0.5, 0.6) is 0 Å². The van der Waals surface area contributed by atoms with Crippen LogP contribution in [0.3, 0.4) is 0 Å². The van der Waals surface area contributed by atoms with E-state index in [-0.39, 0.29) is 23.5 Å². The number of carbonyl (C=O) groups is 4. The van der Waals surface area contributed by atoms with Gasteiger partial charge in [0.2, 0.25) is 0 Å². The van der Waals surface area contributed by atoms with Gasteiger partial charge in [0, 0.05) is 22.8 Å². The molecule has 1 N–H and O–H groups in total. The molecular formula is C36H56O8. The summed E-state index contributed by atoms with van der Waals surface area (Å²) in [5.41, 5.74) is 2.26. The van der Waals surface area contributed by atoms with Crippen molar-refractivity contribution >= 4 is 30.0 Å². The van der Waals surface area contributed by atoms with Gasteiger partial charge in [-0.15, -0.1) is 0 Å². The summed E-state index contributed by atoms with van der Waals surface area (Å²) in [5.74, 6) is -1.36. The lowest BCUT2D eigenvalue weighted by Gasteiger charge is -2.14. The van der Waals surface area contributed by atoms with E-state index in [0.717, 1.165) is 25.7 Å². The third-order valence-electron chi connectivity index (χ3n) is 5.18. The van der Waals surface area contributed by atoms with Crippen LogP contribution in [0.1, 0.15) is 85.6 Å². The van der Waals surface area contributed by atoms with Gasteiger partial charge in [-0.2, -0.15) is 0 Å². The molecule has 0 aliphatic carbocycles. The number of hydrogen-bond donors (Lipinski definition) is 1. The summed E-state index contributed by atoms with van der Waals surface area (Å²) < 4.78 is 14.1. The standard InChI is InChI=1S/C12H22O2.C8H8.C7H12O2.C5H8O2.C4H6O2/c1-5-7-8-11(6-2)9-14-12(13)10(3)4;1-2-8-6-4-3-5-7-8;1-3-5-6-9-7(8)4-2;1-4(2)5(6)7-3;1-3(2)4(5)6/h11H,3,5-9H2,1-2,4H3;2-7H,1H2;4H,2-3,5-6H2,1H3;1H2,2-3H3;1H2,2H3,(H,5,6). The molecule has 1 aromatic rings. The Bertz CT molecular complexity index is 981. The first kappa shape index (κ1) is 46.7. The normalized spacial score (nSPS) is 9.43. The Morgan fingerprint density at radius 2 is 1.32 bits per heavy atom. The third kappa shape index (κ3) is 35.8. The molecule has 8 heteroatoms. The smallest absolute Gasteiger partial charge is 0.333 e. The van der Waals surface area contributed by atoms with Crippen molar-refractivity contribution in [3.63, 3.8) is 0 Å². The van der Waals surface area contributed by atoms with Gasteiger partial charge in [0.25, 0.3) is 0 Å². The van der Waals surface area contributed by atoms with Crippen molar-refractivity contribution in [2.45, 2.75) is 80.1 Å². The molecule has 248 valence electrons. The predicted octanol–water partition coefficient (Wildman–Crippen LogP) is 8.55. The molecular weight excluding hydrogens is 560 g/mol. The number of methoxy groups -OCH3 is 1. The predicted molar refractivity (Wildman–Crippen MR) is 181 cm³/mol. The van der Waals surface area contributed by atoms with E-state index < -0.39 is 5.97 Å². The highest BCUT2D eigenvalue weighted by Gasteiger charge is 2.09. The fourth-order valence-corrected chi connectivity index (χ4v) is 2.35. The van der Waals surface area contributed by atoms with Crippen LogP contribution in [0.15, 0.2) is 86.0 Å². The highest BCUT2D eigenvalue weighted by Crippen LogP contribution is 2.13. The molecule has 0 bridgehead atoms. The second-order valence-electron chi connectivity index (χ2n) is 9.49. The van der Waals surface area contributed by atoms with E-state index in [1.165, 1.54) is 38.5 Å². The van der Waals surface area contributed by atoms with Crippen molar-refractivity contribution in [1.82, 2.24) is 0 Å². The quantitative estimate of drug-likeness (QED) is 0.0956. The van der Waals surface area contributed by atoms with E-state index in [1.54, 1.807) is 13.8 Å². The maximum Gasteiger partial charge on any atom is 0.333 e. The summed E-state index contributed by atoms with van der Waals surface area (Å²) in [4.78, 5) is 41.3. The van der Waals surface area contributed by atoms with Crippen molar-refractivity contribution in [2.24, 2.45) is 5.92 Å². The summed E-state index contributed by atoms with van der Waals surface area (Å²) in [7, 11) is 1.33. The summed E-state index contributed by atoms with van der Waals surface area (Å²) >= 11 is 0. The van der Waals surface area contributed by atoms with Gasteiger partial charge < -0.3 is 19.3 Å². The monoisotopic (exact) mass is 616 g/mol. The van der Waals surface area contributed by atoms with E-state index in [0.29, 0.717) is 30.3 Å². The first-order valence-electron chi connectivity index (χ1n) is 14.6. The molecule has 0 fully saturated rings. The molecule has 0 saturated heterocycles. The van der Waals surface area contributed by atoms with Crippen molar-refractivity contribution < 1.29 is 38.5 Å². The summed E-state index contributed by atoms with van der Waals surface area (Å²) in [5, 5.41) is 7.89. The molecule has 0 radical (unpaired) electrons. The zero-order valence-corrected chi connectivity index (χ0v) is 28.1. The number of aliphatic carboxylic acids is 1. The molecule has 1 atom stereocenters. The van der Waals surface area contributed by atoms with Crippen LogP contribution in [-0.4, -0.2) is 49.3 Å². The van der Waals surface area contributed by atoms with Gasteiger partial charge in [-0.25, -0.2) is 19.2 Å². The number of esters is 3. The van der Waals surface area contributed by atoms with E-state index in [1.807, 2.05) is 43.3 Å². The average molecular weight is 617 g/mol. The van der Waals surface area contributed by atoms with Crippen LogP contribution in [0, 0.1) is 5.92 Å². The highest BCUT2D eigenvalue weighted by atomic mass is 16.5. The number of unbranched alkanes of at least 4 members (excludes halogenated alkanes) is 2. The minimum absolute atomic E-state index is 0.176. The molecule has 0 heterocycles. The molecule has 0 aliphatic heterocycles. The topological polar surface area (TPSA) is 116 Å². The van der Waals surface area contributed by atoms with Crippen molar-refractivity contribution in [3.8, 4) is 0 Å².